The number of ketones is 1. The van der Waals surface area contributed by atoms with Crippen molar-refractivity contribution in [3.63, 3.8) is 0 Å². The highest BCUT2D eigenvalue weighted by Crippen LogP contribution is 2.37. The Morgan fingerprint density at radius 2 is 2.33 bits per heavy atom. The number of carbonyl (C=O) groups is 2. The van der Waals surface area contributed by atoms with Gasteiger partial charge in [0.25, 0.3) is 0 Å². The number of ether oxygens (including phenoxy) is 1. The van der Waals surface area contributed by atoms with Crippen LogP contribution in [0.1, 0.15) is 24.8 Å². The van der Waals surface area contributed by atoms with Gasteiger partial charge in [-0.3, -0.25) is 9.59 Å². The summed E-state index contributed by atoms with van der Waals surface area (Å²) in [5, 5.41) is 11.7. The smallest absolute Gasteiger partial charge is 0.245 e. The average Bonchev–Trinajstić information content (AvgIpc) is 2.88. The van der Waals surface area contributed by atoms with E-state index in [0.29, 0.717) is 12.3 Å². The van der Waals surface area contributed by atoms with Crippen molar-refractivity contribution in [3.05, 3.63) is 28.2 Å². The summed E-state index contributed by atoms with van der Waals surface area (Å²) in [4.78, 5) is 24.4. The zero-order chi connectivity index (χ0) is 15.4. The maximum absolute atomic E-state index is 12.5. The van der Waals surface area contributed by atoms with Gasteiger partial charge < -0.3 is 10.1 Å². The molecule has 0 radical (unpaired) electrons. The van der Waals surface area contributed by atoms with Crippen LogP contribution in [0.4, 0.5) is 0 Å². The number of nitriles is 1. The molecule has 6 heteroatoms. The molecule has 1 N–H and O–H groups in total. The molecule has 1 aliphatic heterocycles. The fourth-order valence-corrected chi connectivity index (χ4v) is 2.60. The molecule has 0 spiro atoms. The second kappa shape index (κ2) is 6.72. The molecule has 1 aliphatic rings. The molecule has 0 bridgehead atoms. The number of hydrogen-bond donors (Lipinski definition) is 1. The maximum atomic E-state index is 12.5. The number of halogens is 1. The summed E-state index contributed by atoms with van der Waals surface area (Å²) in [5.74, 6) is -2.19. The maximum Gasteiger partial charge on any atom is 0.245 e. The van der Waals surface area contributed by atoms with Gasteiger partial charge >= 0.3 is 0 Å². The minimum Gasteiger partial charge on any atom is -0.492 e. The molecule has 0 fully saturated rings. The molecule has 5 nitrogen and oxygen atoms in total. The lowest BCUT2D eigenvalue weighted by atomic mass is 9.89. The average molecular weight is 351 g/mol. The van der Waals surface area contributed by atoms with Crippen LogP contribution in [0, 0.1) is 17.2 Å². The second-order valence-corrected chi connectivity index (χ2v) is 5.72. The number of amides is 1. The summed E-state index contributed by atoms with van der Waals surface area (Å²) in [7, 11) is 0. The third kappa shape index (κ3) is 3.24. The molecule has 110 valence electrons. The molecule has 0 saturated heterocycles. The van der Waals surface area contributed by atoms with E-state index in [0.717, 1.165) is 16.5 Å². The molecule has 2 rings (SSSR count). The third-order valence-electron chi connectivity index (χ3n) is 3.32. The number of fused-ring (bicyclic) bond motifs is 1. The SMILES string of the molecule is CCCNC(=O)C(C#N)C(=O)C1COc2ccc(Br)cc21. The Kier molecular flexibility index (Phi) is 4.97. The fourth-order valence-electron chi connectivity index (χ4n) is 2.22. The highest BCUT2D eigenvalue weighted by Gasteiger charge is 2.38. The molecule has 1 aromatic carbocycles. The van der Waals surface area contributed by atoms with Crippen LogP contribution in [-0.2, 0) is 9.59 Å². The van der Waals surface area contributed by atoms with Gasteiger partial charge in [0.05, 0.1) is 12.0 Å². The van der Waals surface area contributed by atoms with Gasteiger partial charge in [-0.2, -0.15) is 5.26 Å². The number of Topliss-reactive ketones (excluding diaryl/α,β-unsaturated/α-hetero) is 1. The molecular formula is C15H15BrN2O3. The first kappa shape index (κ1) is 15.5. The molecule has 2 unspecified atom stereocenters. The number of carbonyl (C=O) groups excluding carboxylic acids is 2. The van der Waals surface area contributed by atoms with Crippen LogP contribution in [0.5, 0.6) is 5.75 Å². The lowest BCUT2D eigenvalue weighted by Gasteiger charge is -2.13. The van der Waals surface area contributed by atoms with E-state index in [9.17, 15) is 9.59 Å². The van der Waals surface area contributed by atoms with E-state index in [4.69, 9.17) is 10.00 Å². The van der Waals surface area contributed by atoms with Gasteiger partial charge in [0, 0.05) is 16.6 Å². The Balaban J connectivity index is 2.19. The summed E-state index contributed by atoms with van der Waals surface area (Å²) >= 11 is 3.35. The Labute approximate surface area is 131 Å². The lowest BCUT2D eigenvalue weighted by Crippen LogP contribution is -2.37. The Morgan fingerprint density at radius 1 is 1.57 bits per heavy atom. The van der Waals surface area contributed by atoms with Crippen molar-refractivity contribution in [1.29, 1.82) is 5.26 Å². The second-order valence-electron chi connectivity index (χ2n) is 4.80. The number of rotatable bonds is 5. The molecular weight excluding hydrogens is 336 g/mol. The summed E-state index contributed by atoms with van der Waals surface area (Å²) in [6.45, 7) is 2.53. The minimum atomic E-state index is -1.30. The van der Waals surface area contributed by atoms with Crippen LogP contribution in [0.3, 0.4) is 0 Å². The minimum absolute atomic E-state index is 0.170. The van der Waals surface area contributed by atoms with Crippen molar-refractivity contribution in [1.82, 2.24) is 5.32 Å². The number of nitrogens with one attached hydrogen (secondary N) is 1. The quantitative estimate of drug-likeness (QED) is 0.825. The largest absolute Gasteiger partial charge is 0.492 e. The van der Waals surface area contributed by atoms with Crippen LogP contribution in [0.15, 0.2) is 22.7 Å². The van der Waals surface area contributed by atoms with Crippen LogP contribution in [0.2, 0.25) is 0 Å². The van der Waals surface area contributed by atoms with Gasteiger partial charge in [0.15, 0.2) is 11.7 Å². The normalized spacial score (nSPS) is 17.3. The standard InChI is InChI=1S/C15H15BrN2O3/c1-2-5-18-15(20)11(7-17)14(19)12-8-21-13-4-3-9(16)6-10(12)13/h3-4,6,11-12H,2,5,8H2,1H3,(H,18,20). The summed E-state index contributed by atoms with van der Waals surface area (Å²) in [6.07, 6.45) is 0.750. The zero-order valence-corrected chi connectivity index (χ0v) is 13.1. The first-order chi connectivity index (χ1) is 10.1. The number of hydrogen-bond acceptors (Lipinski definition) is 4. The molecule has 21 heavy (non-hydrogen) atoms. The van der Waals surface area contributed by atoms with Crippen LogP contribution in [-0.4, -0.2) is 24.8 Å². The first-order valence-electron chi connectivity index (χ1n) is 6.71. The van der Waals surface area contributed by atoms with E-state index in [1.54, 1.807) is 18.2 Å². The van der Waals surface area contributed by atoms with Crippen molar-refractivity contribution < 1.29 is 14.3 Å². The lowest BCUT2D eigenvalue weighted by molar-refractivity contribution is -0.132. The predicted molar refractivity (Wildman–Crippen MR) is 79.8 cm³/mol. The van der Waals surface area contributed by atoms with Gasteiger partial charge in [0.2, 0.25) is 5.91 Å². The molecule has 1 aromatic rings. The molecule has 0 aromatic heterocycles. The van der Waals surface area contributed by atoms with Crippen LogP contribution < -0.4 is 10.1 Å². The van der Waals surface area contributed by atoms with Gasteiger partial charge in [-0.05, 0) is 24.6 Å². The molecule has 1 heterocycles. The highest BCUT2D eigenvalue weighted by atomic mass is 79.9. The van der Waals surface area contributed by atoms with Crippen molar-refractivity contribution in [3.8, 4) is 11.8 Å². The van der Waals surface area contributed by atoms with E-state index < -0.39 is 23.5 Å². The van der Waals surface area contributed by atoms with Crippen molar-refractivity contribution >= 4 is 27.6 Å². The van der Waals surface area contributed by atoms with Crippen LogP contribution >= 0.6 is 15.9 Å². The van der Waals surface area contributed by atoms with Crippen molar-refractivity contribution in [2.45, 2.75) is 19.3 Å². The van der Waals surface area contributed by atoms with E-state index in [2.05, 4.69) is 21.2 Å². The Bertz CT molecular complexity index is 609. The van der Waals surface area contributed by atoms with E-state index >= 15 is 0 Å². The van der Waals surface area contributed by atoms with E-state index in [1.807, 2.05) is 13.0 Å². The van der Waals surface area contributed by atoms with Crippen molar-refractivity contribution in [2.24, 2.45) is 5.92 Å². The highest BCUT2D eigenvalue weighted by molar-refractivity contribution is 9.10. The fraction of sp³-hybridized carbons (Fsp3) is 0.400. The summed E-state index contributed by atoms with van der Waals surface area (Å²) in [6, 6.07) is 7.19. The Hall–Kier alpha value is -1.87. The van der Waals surface area contributed by atoms with Gasteiger partial charge in [-0.15, -0.1) is 0 Å². The zero-order valence-electron chi connectivity index (χ0n) is 11.6. The number of benzene rings is 1. The van der Waals surface area contributed by atoms with E-state index in [1.165, 1.54) is 0 Å². The topological polar surface area (TPSA) is 79.2 Å². The summed E-state index contributed by atoms with van der Waals surface area (Å²) < 4.78 is 6.29. The van der Waals surface area contributed by atoms with E-state index in [-0.39, 0.29) is 6.61 Å². The third-order valence-corrected chi connectivity index (χ3v) is 3.81. The molecule has 2 atom stereocenters. The van der Waals surface area contributed by atoms with Crippen LogP contribution in [0.25, 0.3) is 0 Å². The monoisotopic (exact) mass is 350 g/mol. The number of nitrogens with zero attached hydrogens (tertiary/aromatic N) is 1. The van der Waals surface area contributed by atoms with Crippen molar-refractivity contribution in [2.75, 3.05) is 13.2 Å². The van der Waals surface area contributed by atoms with Gasteiger partial charge in [0.1, 0.15) is 12.4 Å². The summed E-state index contributed by atoms with van der Waals surface area (Å²) in [5.41, 5.74) is 0.720. The van der Waals surface area contributed by atoms with Gasteiger partial charge in [-0.25, -0.2) is 0 Å². The molecule has 1 amide bonds. The molecule has 0 saturated carbocycles. The Morgan fingerprint density at radius 3 is 3.00 bits per heavy atom. The predicted octanol–water partition coefficient (Wildman–Crippen LogP) is 2.16. The van der Waals surface area contributed by atoms with Gasteiger partial charge in [-0.1, -0.05) is 22.9 Å². The first-order valence-corrected chi connectivity index (χ1v) is 7.51. The molecule has 0 aliphatic carbocycles.